The smallest absolute Gasteiger partial charge is 0.306 e. The second-order valence-corrected chi connectivity index (χ2v) is 17.6. The van der Waals surface area contributed by atoms with Crippen molar-refractivity contribution in [2.75, 3.05) is 13.2 Å². The van der Waals surface area contributed by atoms with E-state index in [2.05, 4.69) is 50.3 Å². The van der Waals surface area contributed by atoms with Gasteiger partial charge in [-0.2, -0.15) is 0 Å². The number of unbranched alkanes of at least 4 members (excludes halogenated alkanes) is 34. The van der Waals surface area contributed by atoms with Crippen LogP contribution in [0.5, 0.6) is 0 Å². The first kappa shape index (κ1) is 57.1. The van der Waals surface area contributed by atoms with Crippen LogP contribution in [0.25, 0.3) is 0 Å². The molecule has 0 aliphatic heterocycles. The summed E-state index contributed by atoms with van der Waals surface area (Å²) in [4.78, 5) is 24.4. The lowest BCUT2D eigenvalue weighted by atomic mass is 10.0. The molecule has 0 saturated heterocycles. The number of carbonyl (C=O) groups is 2. The standard InChI is InChI=1S/C54H100O5/c1-3-5-7-9-11-13-15-17-19-21-23-24-25-26-27-28-29-30-31-33-35-37-39-41-43-45-47-49-54(57)59-52(50-55)51-58-53(56)48-46-44-42-40-38-36-34-32-22-20-18-16-14-12-10-8-6-4-2/h15,17,20-23,52,55H,3-14,16,18-19,24-51H2,1-2H3/b17-15-,22-20-,23-21-. The molecule has 0 aromatic carbocycles. The predicted octanol–water partition coefficient (Wildman–Crippen LogP) is 17.1. The molecule has 0 aliphatic rings. The van der Waals surface area contributed by atoms with Crippen LogP contribution in [0.2, 0.25) is 0 Å². The Hall–Kier alpha value is -1.88. The first-order valence-corrected chi connectivity index (χ1v) is 26.0. The third kappa shape index (κ3) is 48.7. The van der Waals surface area contributed by atoms with E-state index in [1.165, 1.54) is 205 Å². The van der Waals surface area contributed by atoms with Crippen LogP contribution in [0.1, 0.15) is 277 Å². The third-order valence-corrected chi connectivity index (χ3v) is 11.7. The van der Waals surface area contributed by atoms with Crippen molar-refractivity contribution in [3.05, 3.63) is 36.5 Å². The molecule has 1 N–H and O–H groups in total. The summed E-state index contributed by atoms with van der Waals surface area (Å²) >= 11 is 0. The topological polar surface area (TPSA) is 72.8 Å². The van der Waals surface area contributed by atoms with E-state index in [-0.39, 0.29) is 25.2 Å². The first-order chi connectivity index (χ1) is 29.1. The Kier molecular flexibility index (Phi) is 48.9. The van der Waals surface area contributed by atoms with Crippen molar-refractivity contribution in [1.82, 2.24) is 0 Å². The maximum absolute atomic E-state index is 12.3. The molecule has 59 heavy (non-hydrogen) atoms. The fourth-order valence-electron chi connectivity index (χ4n) is 7.70. The molecule has 0 spiro atoms. The number of esters is 2. The number of hydrogen-bond donors (Lipinski definition) is 1. The van der Waals surface area contributed by atoms with Crippen LogP contribution < -0.4 is 0 Å². The first-order valence-electron chi connectivity index (χ1n) is 26.0. The summed E-state index contributed by atoms with van der Waals surface area (Å²) in [6, 6.07) is 0. The normalized spacial score (nSPS) is 12.4. The lowest BCUT2D eigenvalue weighted by Gasteiger charge is -2.15. The van der Waals surface area contributed by atoms with Gasteiger partial charge in [-0.25, -0.2) is 0 Å². The van der Waals surface area contributed by atoms with E-state index in [0.717, 1.165) is 44.9 Å². The van der Waals surface area contributed by atoms with Crippen molar-refractivity contribution in [3.8, 4) is 0 Å². The lowest BCUT2D eigenvalue weighted by molar-refractivity contribution is -0.161. The van der Waals surface area contributed by atoms with Gasteiger partial charge in [0.15, 0.2) is 6.10 Å². The molecule has 0 rings (SSSR count). The predicted molar refractivity (Wildman–Crippen MR) is 256 cm³/mol. The Morgan fingerprint density at radius 1 is 0.390 bits per heavy atom. The van der Waals surface area contributed by atoms with Crippen molar-refractivity contribution in [2.45, 2.75) is 283 Å². The molecule has 1 atom stereocenters. The van der Waals surface area contributed by atoms with E-state index in [9.17, 15) is 14.7 Å². The van der Waals surface area contributed by atoms with Gasteiger partial charge in [0.25, 0.3) is 0 Å². The fourth-order valence-corrected chi connectivity index (χ4v) is 7.70. The molecule has 5 heteroatoms. The van der Waals surface area contributed by atoms with Gasteiger partial charge in [0.05, 0.1) is 6.61 Å². The van der Waals surface area contributed by atoms with E-state index >= 15 is 0 Å². The minimum absolute atomic E-state index is 0.0649. The zero-order valence-electron chi connectivity index (χ0n) is 39.5. The molecule has 346 valence electrons. The monoisotopic (exact) mass is 829 g/mol. The van der Waals surface area contributed by atoms with E-state index in [1.54, 1.807) is 0 Å². The van der Waals surface area contributed by atoms with Crippen LogP contribution in [0, 0.1) is 0 Å². The van der Waals surface area contributed by atoms with Crippen LogP contribution in [-0.4, -0.2) is 36.4 Å². The SMILES string of the molecule is CCCCCCC/C=C\C/C=C\CCCCCCCCCCCCCCCCCC(=O)OC(CO)COC(=O)CCCCCCCCC/C=C\CCCCCCCCC. The maximum Gasteiger partial charge on any atom is 0.306 e. The highest BCUT2D eigenvalue weighted by Crippen LogP contribution is 2.16. The summed E-state index contributed by atoms with van der Waals surface area (Å²) in [5.41, 5.74) is 0. The summed E-state index contributed by atoms with van der Waals surface area (Å²) in [6.45, 7) is 4.15. The van der Waals surface area contributed by atoms with E-state index in [4.69, 9.17) is 9.47 Å². The van der Waals surface area contributed by atoms with Crippen molar-refractivity contribution in [2.24, 2.45) is 0 Å². The van der Waals surface area contributed by atoms with Crippen molar-refractivity contribution >= 4 is 11.9 Å². The fraction of sp³-hybridized carbons (Fsp3) is 0.852. The highest BCUT2D eigenvalue weighted by molar-refractivity contribution is 5.70. The van der Waals surface area contributed by atoms with Gasteiger partial charge in [-0.05, 0) is 70.6 Å². The highest BCUT2D eigenvalue weighted by atomic mass is 16.6. The summed E-state index contributed by atoms with van der Waals surface area (Å²) in [5, 5.41) is 9.63. The molecule has 5 nitrogen and oxygen atoms in total. The van der Waals surface area contributed by atoms with E-state index in [1.807, 2.05) is 0 Å². The molecule has 0 fully saturated rings. The van der Waals surface area contributed by atoms with Gasteiger partial charge in [-0.15, -0.1) is 0 Å². The summed E-state index contributed by atoms with van der Waals surface area (Å²) < 4.78 is 10.7. The van der Waals surface area contributed by atoms with Crippen molar-refractivity contribution in [3.63, 3.8) is 0 Å². The number of allylic oxidation sites excluding steroid dienone is 6. The number of rotatable bonds is 48. The second kappa shape index (κ2) is 50.5. The molecule has 0 amide bonds. The molecule has 0 aromatic heterocycles. The number of ether oxygens (including phenoxy) is 2. The minimum Gasteiger partial charge on any atom is -0.462 e. The Bertz CT molecular complexity index is 939. The molecule has 0 heterocycles. The maximum atomic E-state index is 12.3. The van der Waals surface area contributed by atoms with Gasteiger partial charge < -0.3 is 14.6 Å². The highest BCUT2D eigenvalue weighted by Gasteiger charge is 2.16. The van der Waals surface area contributed by atoms with E-state index in [0.29, 0.717) is 12.8 Å². The number of hydrogen-bond acceptors (Lipinski definition) is 5. The zero-order valence-corrected chi connectivity index (χ0v) is 39.5. The van der Waals surface area contributed by atoms with Gasteiger partial charge in [0.2, 0.25) is 0 Å². The number of carbonyl (C=O) groups excluding carboxylic acids is 2. The zero-order chi connectivity index (χ0) is 42.8. The lowest BCUT2D eigenvalue weighted by Crippen LogP contribution is -2.28. The Morgan fingerprint density at radius 2 is 0.678 bits per heavy atom. The summed E-state index contributed by atoms with van der Waals surface area (Å²) in [6.07, 6.45) is 63.8. The van der Waals surface area contributed by atoms with Gasteiger partial charge in [-0.3, -0.25) is 9.59 Å². The Balaban J connectivity index is 3.46. The Morgan fingerprint density at radius 3 is 1.02 bits per heavy atom. The molecular weight excluding hydrogens is 729 g/mol. The minimum atomic E-state index is -0.772. The molecular formula is C54H100O5. The van der Waals surface area contributed by atoms with Gasteiger partial charge in [0, 0.05) is 12.8 Å². The Labute approximate surface area is 367 Å². The third-order valence-electron chi connectivity index (χ3n) is 11.7. The van der Waals surface area contributed by atoms with Crippen LogP contribution in [0.3, 0.4) is 0 Å². The number of aliphatic hydroxyl groups excluding tert-OH is 1. The largest absolute Gasteiger partial charge is 0.462 e. The van der Waals surface area contributed by atoms with Gasteiger partial charge >= 0.3 is 11.9 Å². The quantitative estimate of drug-likeness (QED) is 0.0376. The van der Waals surface area contributed by atoms with Gasteiger partial charge in [0.1, 0.15) is 6.61 Å². The van der Waals surface area contributed by atoms with Gasteiger partial charge in [-0.1, -0.05) is 230 Å². The average Bonchev–Trinajstić information content (AvgIpc) is 3.24. The average molecular weight is 829 g/mol. The van der Waals surface area contributed by atoms with Crippen LogP contribution >= 0.6 is 0 Å². The molecule has 0 aromatic rings. The van der Waals surface area contributed by atoms with Crippen molar-refractivity contribution < 1.29 is 24.2 Å². The van der Waals surface area contributed by atoms with Crippen LogP contribution in [0.15, 0.2) is 36.5 Å². The molecule has 0 aliphatic carbocycles. The number of aliphatic hydroxyl groups is 1. The second-order valence-electron chi connectivity index (χ2n) is 17.6. The molecule has 0 saturated carbocycles. The molecule has 0 radical (unpaired) electrons. The van der Waals surface area contributed by atoms with Crippen molar-refractivity contribution in [1.29, 1.82) is 0 Å². The van der Waals surface area contributed by atoms with Crippen LogP contribution in [-0.2, 0) is 19.1 Å². The summed E-state index contributed by atoms with van der Waals surface area (Å²) in [7, 11) is 0. The molecule has 0 bridgehead atoms. The molecule has 1 unspecified atom stereocenters. The summed E-state index contributed by atoms with van der Waals surface area (Å²) in [5.74, 6) is -0.584. The van der Waals surface area contributed by atoms with E-state index < -0.39 is 6.10 Å². The van der Waals surface area contributed by atoms with Crippen LogP contribution in [0.4, 0.5) is 0 Å².